The molecule has 1 aliphatic carbocycles. The van der Waals surface area contributed by atoms with E-state index in [0.29, 0.717) is 13.0 Å². The van der Waals surface area contributed by atoms with E-state index in [1.54, 1.807) is 0 Å². The zero-order valence-corrected chi connectivity index (χ0v) is 20.0. The zero-order chi connectivity index (χ0) is 23.0. The van der Waals surface area contributed by atoms with E-state index in [-0.39, 0.29) is 41.7 Å². The Kier molecular flexibility index (Phi) is 5.24. The van der Waals surface area contributed by atoms with Crippen molar-refractivity contribution in [2.75, 3.05) is 37.6 Å². The van der Waals surface area contributed by atoms with Gasteiger partial charge in [-0.3, -0.25) is 9.69 Å². The summed E-state index contributed by atoms with van der Waals surface area (Å²) in [6, 6.07) is 7.95. The number of hydrogen-bond donors (Lipinski definition) is 1. The summed E-state index contributed by atoms with van der Waals surface area (Å²) in [6.07, 6.45) is 1.36. The summed E-state index contributed by atoms with van der Waals surface area (Å²) in [6.45, 7) is 8.33. The van der Waals surface area contributed by atoms with Gasteiger partial charge in [-0.25, -0.2) is 0 Å². The number of esters is 1. The van der Waals surface area contributed by atoms with Crippen LogP contribution in [0.2, 0.25) is 5.02 Å². The van der Waals surface area contributed by atoms with E-state index in [0.717, 1.165) is 44.0 Å². The molecule has 33 heavy (non-hydrogen) atoms. The van der Waals surface area contributed by atoms with Crippen molar-refractivity contribution in [3.63, 3.8) is 0 Å². The summed E-state index contributed by atoms with van der Waals surface area (Å²) in [7, 11) is 0. The van der Waals surface area contributed by atoms with Gasteiger partial charge in [-0.05, 0) is 57.4 Å². The number of fused-ring (bicyclic) bond motifs is 4. The van der Waals surface area contributed by atoms with Crippen molar-refractivity contribution in [1.82, 2.24) is 4.90 Å². The smallest absolute Gasteiger partial charge is 0.311 e. The van der Waals surface area contributed by atoms with Crippen molar-refractivity contribution >= 4 is 23.3 Å². The molecule has 0 aromatic heterocycles. The Balaban J connectivity index is 1.15. The largest absolute Gasteiger partial charge is 0.459 e. The first kappa shape index (κ1) is 22.1. The molecule has 8 heteroatoms. The second-order valence-corrected chi connectivity index (χ2v) is 11.3. The van der Waals surface area contributed by atoms with Crippen LogP contribution in [0.3, 0.4) is 0 Å². The third kappa shape index (κ3) is 3.86. The van der Waals surface area contributed by atoms with Gasteiger partial charge >= 0.3 is 5.97 Å². The second-order valence-electron chi connectivity index (χ2n) is 10.9. The number of epoxide rings is 2. The van der Waals surface area contributed by atoms with E-state index in [1.165, 1.54) is 5.69 Å². The molecule has 1 saturated carbocycles. The molecule has 7 nitrogen and oxygen atoms in total. The molecule has 5 fully saturated rings. The second kappa shape index (κ2) is 7.82. The average Bonchev–Trinajstić information content (AvgIpc) is 3.65. The summed E-state index contributed by atoms with van der Waals surface area (Å²) in [4.78, 5) is 17.7. The molecule has 1 aromatic carbocycles. The Labute approximate surface area is 199 Å². The molecule has 5 aliphatic rings. The molecule has 180 valence electrons. The molecule has 0 amide bonds. The van der Waals surface area contributed by atoms with Gasteiger partial charge in [0.05, 0.1) is 23.7 Å². The van der Waals surface area contributed by atoms with E-state index >= 15 is 0 Å². The van der Waals surface area contributed by atoms with Crippen LogP contribution < -0.4 is 4.90 Å². The Bertz CT molecular complexity index is 922. The molecule has 1 aromatic rings. The minimum atomic E-state index is -0.600. The third-order valence-electron chi connectivity index (χ3n) is 8.79. The number of hydrogen-bond acceptors (Lipinski definition) is 7. The highest BCUT2D eigenvalue weighted by Gasteiger charge is 2.67. The summed E-state index contributed by atoms with van der Waals surface area (Å²) >= 11 is 6.03. The standard InChI is InChI=1S/C25H33ClN2O5/c1-24-8-7-20-25(2,32-20)19(29)13-17-18(23(30)31-21(17)22(24)33-24)14-27-9-11-28(12-10-27)16-5-3-15(26)4-6-16/h3-6,17-22,29H,7-14H2,1-2H3/t17-,18-,19+,20+,21-,22+,24+,25+/m0/s1. The van der Waals surface area contributed by atoms with Gasteiger partial charge in [-0.2, -0.15) is 0 Å². The monoisotopic (exact) mass is 476 g/mol. The van der Waals surface area contributed by atoms with Gasteiger partial charge in [0, 0.05) is 49.4 Å². The lowest BCUT2D eigenvalue weighted by Crippen LogP contribution is -2.49. The quantitative estimate of drug-likeness (QED) is 0.530. The van der Waals surface area contributed by atoms with Gasteiger partial charge in [0.1, 0.15) is 17.8 Å². The number of carbonyl (C=O) groups excluding carboxylic acids is 1. The van der Waals surface area contributed by atoms with E-state index in [4.69, 9.17) is 25.8 Å². The number of aliphatic hydroxyl groups excluding tert-OH is 1. The van der Waals surface area contributed by atoms with Crippen LogP contribution in [0.4, 0.5) is 5.69 Å². The molecule has 8 atom stereocenters. The molecule has 4 heterocycles. The number of nitrogens with zero attached hydrogens (tertiary/aromatic N) is 2. The van der Waals surface area contributed by atoms with E-state index in [1.807, 2.05) is 19.1 Å². The number of anilines is 1. The molecule has 1 N–H and O–H groups in total. The van der Waals surface area contributed by atoms with E-state index < -0.39 is 11.7 Å². The molecule has 0 bridgehead atoms. The Morgan fingerprint density at radius 1 is 1.12 bits per heavy atom. The van der Waals surface area contributed by atoms with Gasteiger partial charge in [-0.1, -0.05) is 11.6 Å². The Morgan fingerprint density at radius 3 is 2.58 bits per heavy atom. The van der Waals surface area contributed by atoms with Gasteiger partial charge in [0.25, 0.3) is 0 Å². The van der Waals surface area contributed by atoms with Crippen LogP contribution in [0.15, 0.2) is 24.3 Å². The number of benzene rings is 1. The molecule has 6 rings (SSSR count). The van der Waals surface area contributed by atoms with Crippen molar-refractivity contribution in [3.8, 4) is 0 Å². The maximum absolute atomic E-state index is 13.0. The van der Waals surface area contributed by atoms with Gasteiger partial charge in [0.2, 0.25) is 0 Å². The predicted octanol–water partition coefficient (Wildman–Crippen LogP) is 2.48. The topological polar surface area (TPSA) is 78.1 Å². The highest BCUT2D eigenvalue weighted by atomic mass is 35.5. The van der Waals surface area contributed by atoms with Crippen molar-refractivity contribution in [2.24, 2.45) is 11.8 Å². The van der Waals surface area contributed by atoms with Crippen LogP contribution in [0.25, 0.3) is 0 Å². The van der Waals surface area contributed by atoms with Crippen molar-refractivity contribution in [3.05, 3.63) is 29.3 Å². The van der Waals surface area contributed by atoms with Crippen LogP contribution in [0.1, 0.15) is 33.1 Å². The molecule has 4 saturated heterocycles. The fraction of sp³-hybridized carbons (Fsp3) is 0.720. The summed E-state index contributed by atoms with van der Waals surface area (Å²) in [5.41, 5.74) is 0.410. The molecular formula is C25H33ClN2O5. The maximum atomic E-state index is 13.0. The van der Waals surface area contributed by atoms with Crippen molar-refractivity contribution < 1.29 is 24.1 Å². The SMILES string of the molecule is C[C@]12O[C@@H]1CC[C@@]1(C)O[C@@H]1[C@H]1OC(=O)[C@@H](CN3CCN(c4ccc(Cl)cc4)CC3)[C@@H]1C[C@H]2O. The predicted molar refractivity (Wildman–Crippen MR) is 123 cm³/mol. The van der Waals surface area contributed by atoms with E-state index in [9.17, 15) is 9.90 Å². The molecular weight excluding hydrogens is 444 g/mol. The highest BCUT2D eigenvalue weighted by molar-refractivity contribution is 6.30. The van der Waals surface area contributed by atoms with Crippen LogP contribution in [0, 0.1) is 11.8 Å². The number of piperazine rings is 1. The normalized spacial score (nSPS) is 45.0. The van der Waals surface area contributed by atoms with Crippen molar-refractivity contribution in [2.45, 2.75) is 68.7 Å². The average molecular weight is 477 g/mol. The van der Waals surface area contributed by atoms with E-state index in [2.05, 4.69) is 28.9 Å². The van der Waals surface area contributed by atoms with Crippen LogP contribution in [-0.2, 0) is 19.0 Å². The minimum absolute atomic E-state index is 0.0617. The van der Waals surface area contributed by atoms with Crippen molar-refractivity contribution in [1.29, 1.82) is 0 Å². The number of ether oxygens (including phenoxy) is 3. The maximum Gasteiger partial charge on any atom is 0.311 e. The molecule has 0 radical (unpaired) electrons. The molecule has 0 unspecified atom stereocenters. The van der Waals surface area contributed by atoms with Gasteiger partial charge in [0.15, 0.2) is 0 Å². The van der Waals surface area contributed by atoms with Crippen LogP contribution in [0.5, 0.6) is 0 Å². The lowest BCUT2D eigenvalue weighted by molar-refractivity contribution is -0.145. The molecule has 4 aliphatic heterocycles. The number of carbonyl (C=O) groups is 1. The van der Waals surface area contributed by atoms with Crippen LogP contribution >= 0.6 is 11.6 Å². The van der Waals surface area contributed by atoms with Crippen LogP contribution in [-0.4, -0.2) is 84.3 Å². The number of aliphatic hydroxyl groups is 1. The highest BCUT2D eigenvalue weighted by Crippen LogP contribution is 2.54. The first-order valence-electron chi connectivity index (χ1n) is 12.2. The third-order valence-corrected chi connectivity index (χ3v) is 9.04. The number of halogens is 1. The number of rotatable bonds is 3. The lowest BCUT2D eigenvalue weighted by atomic mass is 9.77. The zero-order valence-electron chi connectivity index (χ0n) is 19.3. The fourth-order valence-electron chi connectivity index (χ4n) is 6.32. The summed E-state index contributed by atoms with van der Waals surface area (Å²) < 4.78 is 18.0. The first-order valence-corrected chi connectivity index (χ1v) is 12.6. The Morgan fingerprint density at radius 2 is 1.85 bits per heavy atom. The Hall–Kier alpha value is -1.38. The molecule has 0 spiro atoms. The summed E-state index contributed by atoms with van der Waals surface area (Å²) in [5, 5.41) is 11.8. The minimum Gasteiger partial charge on any atom is -0.459 e. The van der Waals surface area contributed by atoms with Gasteiger partial charge in [-0.15, -0.1) is 0 Å². The lowest BCUT2D eigenvalue weighted by Gasteiger charge is -2.37. The summed E-state index contributed by atoms with van der Waals surface area (Å²) in [5.74, 6) is -0.457. The van der Waals surface area contributed by atoms with Gasteiger partial charge < -0.3 is 24.2 Å². The first-order chi connectivity index (χ1) is 15.8. The fourth-order valence-corrected chi connectivity index (χ4v) is 6.44.